The zero-order chi connectivity index (χ0) is 17.0. The van der Waals surface area contributed by atoms with Crippen LogP contribution in [0.5, 0.6) is 0 Å². The summed E-state index contributed by atoms with van der Waals surface area (Å²) in [6.07, 6.45) is -4.39. The standard InChI is InChI=1S/C13H10F3N3O3S/c14-13(15,16)8-3-1-7(2-4-8)11(22)17-12-19-18-9(23-12)5-6-10(20)21/h1-4H,5-6H2,(H,20,21)(H,17,19,22). The molecule has 1 amide bonds. The molecular weight excluding hydrogens is 335 g/mol. The number of hydrogen-bond acceptors (Lipinski definition) is 5. The molecular formula is C13H10F3N3O3S. The molecule has 0 aliphatic heterocycles. The zero-order valence-corrected chi connectivity index (χ0v) is 12.2. The molecule has 0 fully saturated rings. The fraction of sp³-hybridized carbons (Fsp3) is 0.231. The molecule has 0 aliphatic carbocycles. The van der Waals surface area contributed by atoms with Gasteiger partial charge in [-0.3, -0.25) is 14.9 Å². The molecule has 6 nitrogen and oxygen atoms in total. The monoisotopic (exact) mass is 345 g/mol. The summed E-state index contributed by atoms with van der Waals surface area (Å²) >= 11 is 1.01. The van der Waals surface area contributed by atoms with Gasteiger partial charge in [0.25, 0.3) is 5.91 Å². The second-order valence-corrected chi connectivity index (χ2v) is 5.49. The van der Waals surface area contributed by atoms with Gasteiger partial charge >= 0.3 is 12.1 Å². The summed E-state index contributed by atoms with van der Waals surface area (Å²) in [6, 6.07) is 3.75. The number of nitrogens with one attached hydrogen (secondary N) is 1. The van der Waals surface area contributed by atoms with E-state index >= 15 is 0 Å². The van der Waals surface area contributed by atoms with Gasteiger partial charge in [0.1, 0.15) is 5.01 Å². The first-order valence-electron chi connectivity index (χ1n) is 6.28. The summed E-state index contributed by atoms with van der Waals surface area (Å²) in [5, 5.41) is 19.0. The maximum Gasteiger partial charge on any atom is 0.416 e. The molecule has 0 saturated carbocycles. The number of carbonyl (C=O) groups is 2. The number of aliphatic carboxylic acids is 1. The Labute approximate surface area is 132 Å². The fourth-order valence-electron chi connectivity index (χ4n) is 1.60. The highest BCUT2D eigenvalue weighted by molar-refractivity contribution is 7.15. The molecule has 2 N–H and O–H groups in total. The van der Waals surface area contributed by atoms with Crippen LogP contribution >= 0.6 is 11.3 Å². The molecule has 0 atom stereocenters. The molecule has 0 bridgehead atoms. The van der Waals surface area contributed by atoms with Crippen molar-refractivity contribution < 1.29 is 27.9 Å². The van der Waals surface area contributed by atoms with Crippen LogP contribution in [0, 0.1) is 0 Å². The number of anilines is 1. The second-order valence-electron chi connectivity index (χ2n) is 4.42. The van der Waals surface area contributed by atoms with Gasteiger partial charge in [-0.1, -0.05) is 11.3 Å². The van der Waals surface area contributed by atoms with Crippen molar-refractivity contribution >= 4 is 28.3 Å². The summed E-state index contributed by atoms with van der Waals surface area (Å²) in [5.74, 6) is -1.60. The Balaban J connectivity index is 2.00. The predicted molar refractivity (Wildman–Crippen MR) is 75.3 cm³/mol. The van der Waals surface area contributed by atoms with E-state index < -0.39 is 23.6 Å². The lowest BCUT2D eigenvalue weighted by atomic mass is 10.1. The molecule has 1 aromatic carbocycles. The van der Waals surface area contributed by atoms with E-state index in [1.807, 2.05) is 0 Å². The molecule has 23 heavy (non-hydrogen) atoms. The Morgan fingerprint density at radius 3 is 2.39 bits per heavy atom. The minimum absolute atomic E-state index is 0.0419. The topological polar surface area (TPSA) is 92.2 Å². The van der Waals surface area contributed by atoms with Gasteiger partial charge in [-0.2, -0.15) is 13.2 Å². The Morgan fingerprint density at radius 1 is 1.17 bits per heavy atom. The molecule has 1 heterocycles. The predicted octanol–water partition coefficient (Wildman–Crippen LogP) is 2.83. The van der Waals surface area contributed by atoms with Gasteiger partial charge in [0, 0.05) is 12.0 Å². The first-order chi connectivity index (χ1) is 10.8. The van der Waals surface area contributed by atoms with Crippen LogP contribution in [0.1, 0.15) is 27.3 Å². The number of carbonyl (C=O) groups excluding carboxylic acids is 1. The molecule has 0 aliphatic rings. The fourth-order valence-corrected chi connectivity index (χ4v) is 2.33. The molecule has 1 aromatic heterocycles. The highest BCUT2D eigenvalue weighted by atomic mass is 32.1. The highest BCUT2D eigenvalue weighted by Crippen LogP contribution is 2.29. The van der Waals surface area contributed by atoms with Gasteiger partial charge in [0.05, 0.1) is 12.0 Å². The van der Waals surface area contributed by atoms with E-state index in [-0.39, 0.29) is 23.5 Å². The lowest BCUT2D eigenvalue weighted by molar-refractivity contribution is -0.138. The van der Waals surface area contributed by atoms with Crippen molar-refractivity contribution in [2.45, 2.75) is 19.0 Å². The Morgan fingerprint density at radius 2 is 1.83 bits per heavy atom. The van der Waals surface area contributed by atoms with Crippen molar-refractivity contribution in [2.24, 2.45) is 0 Å². The molecule has 122 valence electrons. The molecule has 0 unspecified atom stereocenters. The number of aromatic nitrogens is 2. The number of hydrogen-bond donors (Lipinski definition) is 2. The van der Waals surface area contributed by atoms with Crippen LogP contribution < -0.4 is 5.32 Å². The Bertz CT molecular complexity index is 713. The van der Waals surface area contributed by atoms with Gasteiger partial charge in [-0.25, -0.2) is 0 Å². The number of amides is 1. The summed E-state index contributed by atoms with van der Waals surface area (Å²) in [5.41, 5.74) is -0.804. The number of aryl methyl sites for hydroxylation is 1. The number of carboxylic acid groups (broad SMARTS) is 1. The number of nitrogens with zero attached hydrogens (tertiary/aromatic N) is 2. The lowest BCUT2D eigenvalue weighted by Gasteiger charge is -2.07. The van der Waals surface area contributed by atoms with Gasteiger partial charge < -0.3 is 5.11 Å². The van der Waals surface area contributed by atoms with Crippen molar-refractivity contribution in [3.8, 4) is 0 Å². The van der Waals surface area contributed by atoms with Crippen molar-refractivity contribution in [3.05, 3.63) is 40.4 Å². The van der Waals surface area contributed by atoms with Crippen LogP contribution in [0.4, 0.5) is 18.3 Å². The minimum atomic E-state index is -4.47. The number of benzene rings is 1. The van der Waals surface area contributed by atoms with Crippen molar-refractivity contribution in [2.75, 3.05) is 5.32 Å². The molecule has 10 heteroatoms. The van der Waals surface area contributed by atoms with Crippen LogP contribution in [0.2, 0.25) is 0 Å². The smallest absolute Gasteiger partial charge is 0.416 e. The third-order valence-electron chi connectivity index (χ3n) is 2.71. The van der Waals surface area contributed by atoms with Crippen LogP contribution in [0.25, 0.3) is 0 Å². The average molecular weight is 345 g/mol. The number of rotatable bonds is 5. The van der Waals surface area contributed by atoms with E-state index in [9.17, 15) is 22.8 Å². The Hall–Kier alpha value is -2.49. The van der Waals surface area contributed by atoms with E-state index in [2.05, 4.69) is 15.5 Å². The van der Waals surface area contributed by atoms with Gasteiger partial charge in [0.15, 0.2) is 0 Å². The van der Waals surface area contributed by atoms with E-state index in [1.54, 1.807) is 0 Å². The lowest BCUT2D eigenvalue weighted by Crippen LogP contribution is -2.12. The van der Waals surface area contributed by atoms with Crippen LogP contribution in [0.3, 0.4) is 0 Å². The first-order valence-corrected chi connectivity index (χ1v) is 7.10. The summed E-state index contributed by atoms with van der Waals surface area (Å²) < 4.78 is 37.3. The quantitative estimate of drug-likeness (QED) is 0.869. The second kappa shape index (κ2) is 6.73. The SMILES string of the molecule is O=C(O)CCc1nnc(NC(=O)c2ccc(C(F)(F)F)cc2)s1. The van der Waals surface area contributed by atoms with Crippen LogP contribution in [-0.4, -0.2) is 27.2 Å². The highest BCUT2D eigenvalue weighted by Gasteiger charge is 2.30. The Kier molecular flexibility index (Phi) is 4.94. The average Bonchev–Trinajstić information content (AvgIpc) is 2.92. The molecule has 0 radical (unpaired) electrons. The largest absolute Gasteiger partial charge is 0.481 e. The number of halogens is 3. The molecule has 2 aromatic rings. The zero-order valence-electron chi connectivity index (χ0n) is 11.4. The summed E-state index contributed by atoms with van der Waals surface area (Å²) in [7, 11) is 0. The van der Waals surface area contributed by atoms with Gasteiger partial charge in [0.2, 0.25) is 5.13 Å². The number of carboxylic acids is 1. The normalized spacial score (nSPS) is 11.3. The van der Waals surface area contributed by atoms with E-state index in [1.165, 1.54) is 0 Å². The van der Waals surface area contributed by atoms with Crippen molar-refractivity contribution in [3.63, 3.8) is 0 Å². The van der Waals surface area contributed by atoms with Crippen molar-refractivity contribution in [1.29, 1.82) is 0 Å². The van der Waals surface area contributed by atoms with Crippen molar-refractivity contribution in [1.82, 2.24) is 10.2 Å². The summed E-state index contributed by atoms with van der Waals surface area (Å²) in [6.45, 7) is 0. The van der Waals surface area contributed by atoms with Gasteiger partial charge in [-0.05, 0) is 24.3 Å². The molecule has 0 spiro atoms. The molecule has 2 rings (SSSR count). The van der Waals surface area contributed by atoms with E-state index in [4.69, 9.17) is 5.11 Å². The van der Waals surface area contributed by atoms with Gasteiger partial charge in [-0.15, -0.1) is 10.2 Å². The molecule has 0 saturated heterocycles. The maximum absolute atomic E-state index is 12.4. The van der Waals surface area contributed by atoms with Crippen LogP contribution in [-0.2, 0) is 17.4 Å². The first kappa shape index (κ1) is 16.9. The third kappa shape index (κ3) is 4.74. The maximum atomic E-state index is 12.4. The number of alkyl halides is 3. The van der Waals surface area contributed by atoms with E-state index in [0.717, 1.165) is 35.6 Å². The van der Waals surface area contributed by atoms with E-state index in [0.29, 0.717) is 5.01 Å². The van der Waals surface area contributed by atoms with Crippen LogP contribution in [0.15, 0.2) is 24.3 Å². The minimum Gasteiger partial charge on any atom is -0.481 e. The third-order valence-corrected chi connectivity index (χ3v) is 3.61. The summed E-state index contributed by atoms with van der Waals surface area (Å²) in [4.78, 5) is 22.3.